The first-order valence-corrected chi connectivity index (χ1v) is 10.7. The standard InChI is InChI=1S/C21H20F6IO/c1-4-11-29-13-19(20(22,23)24,21(25,26)27)17-12-15(3)7-10-18(17)28-16-8-5-14(2)6-9-16/h4-10,12H,1,11,13H2,2-3H3/q+1. The van der Waals surface area contributed by atoms with Crippen LogP contribution in [0.4, 0.5) is 26.3 Å². The van der Waals surface area contributed by atoms with Crippen molar-refractivity contribution >= 4 is 0 Å². The average Bonchev–Trinajstić information content (AvgIpc) is 2.60. The predicted octanol–water partition coefficient (Wildman–Crippen LogP) is 3.00. The minimum absolute atomic E-state index is 0.0649. The van der Waals surface area contributed by atoms with E-state index in [-0.39, 0.29) is 3.57 Å². The van der Waals surface area contributed by atoms with Gasteiger partial charge >= 0.3 is 33.6 Å². The second-order valence-electron chi connectivity index (χ2n) is 6.58. The maximum atomic E-state index is 14.1. The molecule has 0 fully saturated rings. The third-order valence-corrected chi connectivity index (χ3v) is 7.19. The van der Waals surface area contributed by atoms with Gasteiger partial charge in [-0.2, -0.15) is 26.3 Å². The molecule has 0 aliphatic carbocycles. The first-order chi connectivity index (χ1) is 13.4. The van der Waals surface area contributed by atoms with Gasteiger partial charge in [0.05, 0.1) is 13.2 Å². The van der Waals surface area contributed by atoms with Crippen molar-refractivity contribution in [3.8, 4) is 0 Å². The normalized spacial score (nSPS) is 12.8. The van der Waals surface area contributed by atoms with Crippen molar-refractivity contribution in [1.82, 2.24) is 0 Å². The lowest BCUT2D eigenvalue weighted by Crippen LogP contribution is -3.61. The van der Waals surface area contributed by atoms with Crippen LogP contribution in [0.5, 0.6) is 0 Å². The van der Waals surface area contributed by atoms with Crippen LogP contribution < -0.4 is 21.2 Å². The lowest BCUT2D eigenvalue weighted by atomic mass is 9.79. The number of benzene rings is 2. The molecule has 0 bridgehead atoms. The molecule has 158 valence electrons. The summed E-state index contributed by atoms with van der Waals surface area (Å²) in [7, 11) is 0. The lowest BCUT2D eigenvalue weighted by molar-refractivity contribution is -0.599. The van der Waals surface area contributed by atoms with E-state index in [1.54, 1.807) is 24.3 Å². The Bertz CT molecular complexity index is 826. The molecule has 0 spiro atoms. The van der Waals surface area contributed by atoms with Crippen molar-refractivity contribution in [1.29, 1.82) is 0 Å². The second-order valence-corrected chi connectivity index (χ2v) is 9.53. The highest BCUT2D eigenvalue weighted by atomic mass is 127. The van der Waals surface area contributed by atoms with E-state index in [9.17, 15) is 26.3 Å². The Morgan fingerprint density at radius 2 is 1.45 bits per heavy atom. The van der Waals surface area contributed by atoms with Crippen LogP contribution in [0.25, 0.3) is 0 Å². The Labute approximate surface area is 176 Å². The van der Waals surface area contributed by atoms with E-state index in [2.05, 4.69) is 6.58 Å². The van der Waals surface area contributed by atoms with Gasteiger partial charge < -0.3 is 4.74 Å². The van der Waals surface area contributed by atoms with Crippen molar-refractivity contribution in [2.75, 3.05) is 13.2 Å². The summed E-state index contributed by atoms with van der Waals surface area (Å²) in [6, 6.07) is 11.0. The molecule has 8 heteroatoms. The molecule has 0 N–H and O–H groups in total. The number of hydrogen-bond donors (Lipinski definition) is 0. The largest absolute Gasteiger partial charge is 0.409 e. The number of aryl methyl sites for hydroxylation is 2. The molecule has 0 aliphatic rings. The summed E-state index contributed by atoms with van der Waals surface area (Å²) in [6.45, 7) is 4.65. The average molecular weight is 529 g/mol. The van der Waals surface area contributed by atoms with E-state index in [1.165, 1.54) is 19.1 Å². The van der Waals surface area contributed by atoms with Gasteiger partial charge in [0.1, 0.15) is 0 Å². The van der Waals surface area contributed by atoms with Crippen molar-refractivity contribution in [2.45, 2.75) is 31.6 Å². The zero-order chi connectivity index (χ0) is 21.9. The Morgan fingerprint density at radius 3 is 1.97 bits per heavy atom. The van der Waals surface area contributed by atoms with Gasteiger partial charge in [0, 0.05) is 5.56 Å². The highest BCUT2D eigenvalue weighted by Gasteiger charge is 2.73. The van der Waals surface area contributed by atoms with E-state index < -0.39 is 57.7 Å². The first kappa shape index (κ1) is 23.7. The molecule has 0 unspecified atom stereocenters. The third kappa shape index (κ3) is 5.14. The minimum atomic E-state index is -5.59. The molecule has 29 heavy (non-hydrogen) atoms. The van der Waals surface area contributed by atoms with E-state index in [0.29, 0.717) is 5.56 Å². The molecule has 0 saturated heterocycles. The van der Waals surface area contributed by atoms with E-state index in [4.69, 9.17) is 4.74 Å². The van der Waals surface area contributed by atoms with Gasteiger partial charge in [-0.15, -0.1) is 6.58 Å². The molecular weight excluding hydrogens is 509 g/mol. The maximum Gasteiger partial charge on any atom is 0.409 e. The van der Waals surface area contributed by atoms with Gasteiger partial charge in [0.15, 0.2) is 7.14 Å². The Kier molecular flexibility index (Phi) is 7.42. The van der Waals surface area contributed by atoms with Crippen LogP contribution >= 0.6 is 0 Å². The van der Waals surface area contributed by atoms with Crippen LogP contribution in [0, 0.1) is 21.0 Å². The van der Waals surface area contributed by atoms with Crippen LogP contribution in [-0.4, -0.2) is 25.6 Å². The Balaban J connectivity index is 2.69. The van der Waals surface area contributed by atoms with Crippen LogP contribution in [0.15, 0.2) is 55.1 Å². The molecule has 1 nitrogen and oxygen atoms in total. The SMILES string of the molecule is C=CCOCC(c1cc(C)ccc1[I+]c1ccc(C)cc1)(C(F)(F)F)C(F)(F)F. The molecule has 0 aliphatic heterocycles. The third-order valence-electron chi connectivity index (χ3n) is 4.33. The van der Waals surface area contributed by atoms with Gasteiger partial charge in [0.25, 0.3) is 0 Å². The Hall–Kier alpha value is -1.55. The van der Waals surface area contributed by atoms with Crippen molar-refractivity contribution < 1.29 is 52.3 Å². The van der Waals surface area contributed by atoms with Crippen LogP contribution in [-0.2, 0) is 10.2 Å². The van der Waals surface area contributed by atoms with E-state index in [1.807, 2.05) is 6.92 Å². The van der Waals surface area contributed by atoms with Gasteiger partial charge in [-0.05, 0) is 32.0 Å². The number of rotatable bonds is 7. The molecule has 0 radical (unpaired) electrons. The highest BCUT2D eigenvalue weighted by Crippen LogP contribution is 2.52. The topological polar surface area (TPSA) is 9.23 Å². The fourth-order valence-corrected chi connectivity index (χ4v) is 5.42. The quantitative estimate of drug-likeness (QED) is 0.232. The monoisotopic (exact) mass is 529 g/mol. The zero-order valence-electron chi connectivity index (χ0n) is 15.8. The van der Waals surface area contributed by atoms with E-state index >= 15 is 0 Å². The predicted molar refractivity (Wildman–Crippen MR) is 94.6 cm³/mol. The Morgan fingerprint density at radius 1 is 0.897 bits per heavy atom. The van der Waals surface area contributed by atoms with Crippen LogP contribution in [0.1, 0.15) is 16.7 Å². The molecule has 0 heterocycles. The smallest absolute Gasteiger partial charge is 0.376 e. The van der Waals surface area contributed by atoms with Crippen molar-refractivity contribution in [2.24, 2.45) is 0 Å². The molecular formula is C21H20F6IO+. The molecule has 0 amide bonds. The molecule has 0 atom stereocenters. The van der Waals surface area contributed by atoms with Gasteiger partial charge in [-0.1, -0.05) is 41.5 Å². The van der Waals surface area contributed by atoms with Crippen molar-refractivity contribution in [3.63, 3.8) is 0 Å². The summed E-state index contributed by atoms with van der Waals surface area (Å²) < 4.78 is 90.0. The van der Waals surface area contributed by atoms with Gasteiger partial charge in [-0.3, -0.25) is 0 Å². The molecule has 0 aromatic heterocycles. The summed E-state index contributed by atoms with van der Waals surface area (Å²) in [5, 5.41) is 0. The van der Waals surface area contributed by atoms with Crippen molar-refractivity contribution in [3.05, 3.63) is 79.0 Å². The summed E-state index contributed by atoms with van der Waals surface area (Å²) in [6.07, 6.45) is -10.1. The zero-order valence-corrected chi connectivity index (χ0v) is 18.0. The summed E-state index contributed by atoms with van der Waals surface area (Å²) in [5.74, 6) is 0. The maximum absolute atomic E-state index is 14.1. The summed E-state index contributed by atoms with van der Waals surface area (Å²) in [4.78, 5) is 0. The fourth-order valence-electron chi connectivity index (χ4n) is 2.77. The fraction of sp³-hybridized carbons (Fsp3) is 0.333. The summed E-state index contributed by atoms with van der Waals surface area (Å²) in [5.41, 5.74) is -3.62. The van der Waals surface area contributed by atoms with Crippen LogP contribution in [0.3, 0.4) is 0 Å². The minimum Gasteiger partial charge on any atom is -0.376 e. The molecule has 2 aromatic carbocycles. The number of ether oxygens (including phenoxy) is 1. The lowest BCUT2D eigenvalue weighted by Gasteiger charge is -2.37. The van der Waals surface area contributed by atoms with Gasteiger partial charge in [0.2, 0.25) is 5.41 Å². The molecule has 0 saturated carbocycles. The number of hydrogen-bond acceptors (Lipinski definition) is 1. The van der Waals surface area contributed by atoms with Crippen LogP contribution in [0.2, 0.25) is 0 Å². The highest BCUT2D eigenvalue weighted by molar-refractivity contribution is 5.33. The first-order valence-electron chi connectivity index (χ1n) is 8.57. The number of alkyl halides is 6. The van der Waals surface area contributed by atoms with E-state index in [0.717, 1.165) is 21.3 Å². The molecule has 2 rings (SSSR count). The molecule has 2 aromatic rings. The number of halogens is 7. The van der Waals surface area contributed by atoms with Gasteiger partial charge in [-0.25, -0.2) is 0 Å². The summed E-state index contributed by atoms with van der Waals surface area (Å²) >= 11 is -1.28. The second kappa shape index (κ2) is 9.07.